The molecule has 1 atom stereocenters. The molecule has 1 N–H and O–H groups in total. The van der Waals surface area contributed by atoms with Crippen molar-refractivity contribution in [3.05, 3.63) is 51.8 Å². The summed E-state index contributed by atoms with van der Waals surface area (Å²) in [7, 11) is -2.91. The first-order chi connectivity index (χ1) is 14.8. The molecule has 3 heterocycles. The van der Waals surface area contributed by atoms with Gasteiger partial charge in [0.25, 0.3) is 5.22 Å². The van der Waals surface area contributed by atoms with Gasteiger partial charge in [0, 0.05) is 23.2 Å². The maximum Gasteiger partial charge on any atom is 0.276 e. The van der Waals surface area contributed by atoms with Crippen molar-refractivity contribution in [1.82, 2.24) is 15.2 Å². The van der Waals surface area contributed by atoms with E-state index in [1.807, 2.05) is 36.6 Å². The van der Waals surface area contributed by atoms with Gasteiger partial charge in [-0.05, 0) is 31.4 Å². The average Bonchev–Trinajstić information content (AvgIpc) is 3.43. The highest BCUT2D eigenvalue weighted by Gasteiger charge is 2.29. The summed E-state index contributed by atoms with van der Waals surface area (Å²) >= 11 is 2.82. The number of sulfone groups is 1. The van der Waals surface area contributed by atoms with E-state index in [9.17, 15) is 13.2 Å². The molecule has 0 radical (unpaired) electrons. The Hall–Kier alpha value is -2.24. The number of nitrogens with one attached hydrogen (secondary N) is 1. The van der Waals surface area contributed by atoms with E-state index >= 15 is 0 Å². The monoisotopic (exact) mass is 478 g/mol. The van der Waals surface area contributed by atoms with Crippen molar-refractivity contribution in [3.63, 3.8) is 0 Å². The predicted octanol–water partition coefficient (Wildman–Crippen LogP) is 3.29. The molecule has 0 bridgehead atoms. The van der Waals surface area contributed by atoms with Gasteiger partial charge in [-0.15, -0.1) is 21.5 Å². The summed E-state index contributed by atoms with van der Waals surface area (Å²) in [5.74, 6) is 1.40. The normalized spacial score (nSPS) is 17.6. The molecular weight excluding hydrogens is 456 g/mol. The minimum absolute atomic E-state index is 0.0513. The van der Waals surface area contributed by atoms with Crippen LogP contribution in [0, 0.1) is 12.8 Å². The molecule has 3 aromatic rings. The van der Waals surface area contributed by atoms with Gasteiger partial charge in [0.05, 0.1) is 23.6 Å². The van der Waals surface area contributed by atoms with E-state index in [1.54, 1.807) is 0 Å². The van der Waals surface area contributed by atoms with Crippen LogP contribution in [0.1, 0.15) is 28.6 Å². The Kier molecular flexibility index (Phi) is 6.73. The van der Waals surface area contributed by atoms with Crippen LogP contribution in [0.5, 0.6) is 0 Å². The first kappa shape index (κ1) is 22.0. The van der Waals surface area contributed by atoms with E-state index in [4.69, 9.17) is 4.42 Å². The highest BCUT2D eigenvalue weighted by Crippen LogP contribution is 2.26. The van der Waals surface area contributed by atoms with Gasteiger partial charge in [-0.3, -0.25) is 4.79 Å². The molecule has 1 aliphatic heterocycles. The third-order valence-corrected chi connectivity index (χ3v) is 8.41. The van der Waals surface area contributed by atoms with Crippen LogP contribution < -0.4 is 5.32 Å². The van der Waals surface area contributed by atoms with E-state index in [1.165, 1.54) is 23.1 Å². The van der Waals surface area contributed by atoms with Crippen LogP contribution in [-0.2, 0) is 33.2 Å². The fourth-order valence-corrected chi connectivity index (χ4v) is 6.70. The SMILES string of the molecule is Cc1ccc(NC(=O)Cc2nc(CSc3nnc(CC4CCS(=O)(=O)C4)o3)cs2)cc1. The largest absolute Gasteiger partial charge is 0.416 e. The van der Waals surface area contributed by atoms with Crippen molar-refractivity contribution in [3.8, 4) is 0 Å². The van der Waals surface area contributed by atoms with Crippen molar-refractivity contribution in [2.24, 2.45) is 5.92 Å². The van der Waals surface area contributed by atoms with Gasteiger partial charge in [-0.25, -0.2) is 13.4 Å². The number of benzene rings is 1. The predicted molar refractivity (Wildman–Crippen MR) is 120 cm³/mol. The Morgan fingerprint density at radius 2 is 2.10 bits per heavy atom. The van der Waals surface area contributed by atoms with Crippen LogP contribution in [0.2, 0.25) is 0 Å². The maximum absolute atomic E-state index is 12.2. The van der Waals surface area contributed by atoms with Gasteiger partial charge in [0.1, 0.15) is 5.01 Å². The summed E-state index contributed by atoms with van der Waals surface area (Å²) in [6.07, 6.45) is 1.36. The molecule has 1 unspecified atom stereocenters. The molecular formula is C20H22N4O4S3. The maximum atomic E-state index is 12.2. The molecule has 1 aliphatic rings. The molecule has 0 aliphatic carbocycles. The summed E-state index contributed by atoms with van der Waals surface area (Å²) in [6.45, 7) is 2.00. The van der Waals surface area contributed by atoms with Gasteiger partial charge >= 0.3 is 0 Å². The zero-order chi connectivity index (χ0) is 21.8. The first-order valence-electron chi connectivity index (χ1n) is 9.80. The molecule has 31 heavy (non-hydrogen) atoms. The van der Waals surface area contributed by atoms with Crippen LogP contribution in [-0.4, -0.2) is 41.0 Å². The Bertz CT molecular complexity index is 1160. The van der Waals surface area contributed by atoms with Crippen molar-refractivity contribution < 1.29 is 17.6 Å². The number of carbonyl (C=O) groups is 1. The molecule has 0 saturated carbocycles. The van der Waals surface area contributed by atoms with Crippen molar-refractivity contribution in [2.45, 2.75) is 37.2 Å². The quantitative estimate of drug-likeness (QED) is 0.491. The molecule has 1 aromatic carbocycles. The molecule has 8 nitrogen and oxygen atoms in total. The zero-order valence-corrected chi connectivity index (χ0v) is 19.4. The van der Waals surface area contributed by atoms with Gasteiger partial charge in [0.15, 0.2) is 9.84 Å². The lowest BCUT2D eigenvalue weighted by Crippen LogP contribution is -2.14. The number of thioether (sulfide) groups is 1. The summed E-state index contributed by atoms with van der Waals surface area (Å²) < 4.78 is 28.8. The molecule has 1 saturated heterocycles. The summed E-state index contributed by atoms with van der Waals surface area (Å²) in [5.41, 5.74) is 2.75. The fourth-order valence-electron chi connectivity index (χ4n) is 3.27. The third-order valence-electron chi connectivity index (χ3n) is 4.83. The van der Waals surface area contributed by atoms with Crippen LogP contribution in [0.3, 0.4) is 0 Å². The minimum Gasteiger partial charge on any atom is -0.416 e. The van der Waals surface area contributed by atoms with Crippen molar-refractivity contribution in [1.29, 1.82) is 0 Å². The lowest BCUT2D eigenvalue weighted by molar-refractivity contribution is -0.115. The van der Waals surface area contributed by atoms with Crippen molar-refractivity contribution in [2.75, 3.05) is 16.8 Å². The number of aromatic nitrogens is 3. The average molecular weight is 479 g/mol. The molecule has 11 heteroatoms. The van der Waals surface area contributed by atoms with E-state index in [0.717, 1.165) is 22.0 Å². The minimum atomic E-state index is -2.91. The molecule has 0 spiro atoms. The highest BCUT2D eigenvalue weighted by atomic mass is 32.2. The number of thiazole rings is 1. The summed E-state index contributed by atoms with van der Waals surface area (Å²) in [4.78, 5) is 16.7. The smallest absolute Gasteiger partial charge is 0.276 e. The standard InChI is InChI=1S/C20H22N4O4S3/c1-13-2-4-15(5-3-13)21-17(25)9-19-22-16(10-29-19)11-30-20-24-23-18(28-20)8-14-6-7-31(26,27)12-14/h2-5,10,14H,6-9,11-12H2,1H3,(H,21,25). The molecule has 4 rings (SSSR count). The number of hydrogen-bond donors (Lipinski definition) is 1. The second kappa shape index (κ2) is 9.49. The number of hydrogen-bond acceptors (Lipinski definition) is 9. The number of rotatable bonds is 8. The number of nitrogens with zero attached hydrogens (tertiary/aromatic N) is 3. The second-order valence-corrected chi connectivity index (χ2v) is 11.6. The molecule has 164 valence electrons. The number of carbonyl (C=O) groups excluding carboxylic acids is 1. The van der Waals surface area contributed by atoms with Crippen LogP contribution >= 0.6 is 23.1 Å². The lowest BCUT2D eigenvalue weighted by Gasteiger charge is -2.04. The molecule has 2 aromatic heterocycles. The summed E-state index contributed by atoms with van der Waals surface area (Å²) in [6, 6.07) is 7.66. The van der Waals surface area contributed by atoms with Gasteiger partial charge in [0.2, 0.25) is 11.8 Å². The van der Waals surface area contributed by atoms with Gasteiger partial charge < -0.3 is 9.73 Å². The third kappa shape index (κ3) is 6.37. The second-order valence-electron chi connectivity index (χ2n) is 7.55. The Labute approximate surface area is 188 Å². The first-order valence-corrected chi connectivity index (χ1v) is 13.5. The number of aryl methyl sites for hydroxylation is 1. The van der Waals surface area contributed by atoms with E-state index < -0.39 is 9.84 Å². The van der Waals surface area contributed by atoms with E-state index in [-0.39, 0.29) is 29.8 Å². The van der Waals surface area contributed by atoms with Gasteiger partial charge in [-0.2, -0.15) is 0 Å². The Morgan fingerprint density at radius 3 is 2.84 bits per heavy atom. The molecule has 1 fully saturated rings. The number of amides is 1. The summed E-state index contributed by atoms with van der Waals surface area (Å²) in [5, 5.41) is 14.0. The Morgan fingerprint density at radius 1 is 1.29 bits per heavy atom. The molecule has 1 amide bonds. The number of anilines is 1. The topological polar surface area (TPSA) is 115 Å². The lowest BCUT2D eigenvalue weighted by atomic mass is 10.1. The van der Waals surface area contributed by atoms with Crippen LogP contribution in [0.25, 0.3) is 0 Å². The van der Waals surface area contributed by atoms with Crippen molar-refractivity contribution >= 4 is 44.5 Å². The Balaban J connectivity index is 1.24. The van der Waals surface area contributed by atoms with Gasteiger partial charge in [-0.1, -0.05) is 29.5 Å². The van der Waals surface area contributed by atoms with E-state index in [2.05, 4.69) is 20.5 Å². The fraction of sp³-hybridized carbons (Fsp3) is 0.400. The van der Waals surface area contributed by atoms with E-state index in [0.29, 0.717) is 29.7 Å². The highest BCUT2D eigenvalue weighted by molar-refractivity contribution is 7.98. The van der Waals surface area contributed by atoms with Crippen LogP contribution in [0.4, 0.5) is 5.69 Å². The van der Waals surface area contributed by atoms with Crippen LogP contribution in [0.15, 0.2) is 39.3 Å². The zero-order valence-electron chi connectivity index (χ0n) is 16.9.